The molecule has 3 nitrogen and oxygen atoms in total. The monoisotopic (exact) mass is 228 g/mol. The van der Waals surface area contributed by atoms with E-state index in [1.165, 1.54) is 11.1 Å². The van der Waals surface area contributed by atoms with Crippen LogP contribution in [-0.4, -0.2) is 4.98 Å². The summed E-state index contributed by atoms with van der Waals surface area (Å²) in [5, 5.41) is 0. The number of hydrogen-bond donors (Lipinski definition) is 1. The van der Waals surface area contributed by atoms with E-state index >= 15 is 0 Å². The number of hydrogen-bond acceptors (Lipinski definition) is 3. The second-order valence-corrected chi connectivity index (χ2v) is 4.24. The fourth-order valence-corrected chi connectivity index (χ4v) is 1.67. The van der Waals surface area contributed by atoms with Gasteiger partial charge in [-0.3, -0.25) is 0 Å². The van der Waals surface area contributed by atoms with Crippen LogP contribution in [0, 0.1) is 20.8 Å². The normalized spacial score (nSPS) is 10.3. The van der Waals surface area contributed by atoms with E-state index in [9.17, 15) is 0 Å². The van der Waals surface area contributed by atoms with Crippen molar-refractivity contribution in [1.29, 1.82) is 0 Å². The number of nitrogen functional groups attached to an aromatic ring is 1. The summed E-state index contributed by atoms with van der Waals surface area (Å²) in [5.74, 6) is 1.41. The molecular formula is C14H16N2O. The Labute approximate surface area is 101 Å². The molecule has 0 aliphatic rings. The number of nitrogens with zero attached hydrogens (tertiary/aromatic N) is 1. The van der Waals surface area contributed by atoms with Gasteiger partial charge >= 0.3 is 0 Å². The van der Waals surface area contributed by atoms with Crippen LogP contribution in [0.25, 0.3) is 0 Å². The highest BCUT2D eigenvalue weighted by atomic mass is 16.5. The van der Waals surface area contributed by atoms with Crippen LogP contribution in [0.4, 0.5) is 5.69 Å². The quantitative estimate of drug-likeness (QED) is 0.857. The minimum Gasteiger partial charge on any atom is -0.439 e. The summed E-state index contributed by atoms with van der Waals surface area (Å²) in [4.78, 5) is 4.13. The summed E-state index contributed by atoms with van der Waals surface area (Å²) >= 11 is 0. The third kappa shape index (κ3) is 2.56. The molecule has 0 atom stereocenters. The van der Waals surface area contributed by atoms with E-state index in [1.807, 2.05) is 13.0 Å². The molecule has 0 amide bonds. The summed E-state index contributed by atoms with van der Waals surface area (Å²) < 4.78 is 5.76. The lowest BCUT2D eigenvalue weighted by Crippen LogP contribution is -1.94. The molecule has 2 aromatic rings. The number of nitrogens with two attached hydrogens (primary N) is 1. The Hall–Kier alpha value is -2.03. The Morgan fingerprint density at radius 3 is 2.53 bits per heavy atom. The Morgan fingerprint density at radius 1 is 1.12 bits per heavy atom. The number of anilines is 1. The van der Waals surface area contributed by atoms with E-state index < -0.39 is 0 Å². The predicted octanol–water partition coefficient (Wildman–Crippen LogP) is 3.38. The van der Waals surface area contributed by atoms with Crippen LogP contribution >= 0.6 is 0 Å². The van der Waals surface area contributed by atoms with Crippen molar-refractivity contribution < 1.29 is 4.74 Å². The molecule has 1 aromatic heterocycles. The molecule has 0 saturated carbocycles. The third-order valence-corrected chi connectivity index (χ3v) is 2.74. The second-order valence-electron chi connectivity index (χ2n) is 4.24. The molecule has 0 bridgehead atoms. The maximum Gasteiger partial charge on any atom is 0.219 e. The smallest absolute Gasteiger partial charge is 0.219 e. The highest BCUT2D eigenvalue weighted by Crippen LogP contribution is 2.27. The molecule has 0 saturated heterocycles. The molecule has 0 unspecified atom stereocenters. The first-order valence-corrected chi connectivity index (χ1v) is 5.53. The van der Waals surface area contributed by atoms with Gasteiger partial charge in [-0.25, -0.2) is 4.98 Å². The molecule has 0 aliphatic carbocycles. The van der Waals surface area contributed by atoms with Crippen molar-refractivity contribution in [2.24, 2.45) is 0 Å². The number of aromatic nitrogens is 1. The summed E-state index contributed by atoms with van der Waals surface area (Å²) in [6.07, 6.45) is 1.59. The van der Waals surface area contributed by atoms with Crippen molar-refractivity contribution in [3.8, 4) is 11.6 Å². The lowest BCUT2D eigenvalue weighted by molar-refractivity contribution is 0.459. The second kappa shape index (κ2) is 4.45. The van der Waals surface area contributed by atoms with Gasteiger partial charge < -0.3 is 10.5 Å². The molecule has 2 rings (SSSR count). The van der Waals surface area contributed by atoms with E-state index in [1.54, 1.807) is 18.3 Å². The average Bonchev–Trinajstić information content (AvgIpc) is 2.28. The summed E-state index contributed by atoms with van der Waals surface area (Å²) in [6.45, 7) is 6.17. The highest BCUT2D eigenvalue weighted by Gasteiger charge is 2.05. The molecule has 1 heterocycles. The highest BCUT2D eigenvalue weighted by molar-refractivity contribution is 5.44. The lowest BCUT2D eigenvalue weighted by Gasteiger charge is -2.11. The first-order chi connectivity index (χ1) is 8.06. The van der Waals surface area contributed by atoms with Crippen molar-refractivity contribution in [2.45, 2.75) is 20.8 Å². The van der Waals surface area contributed by atoms with Crippen LogP contribution in [0.2, 0.25) is 0 Å². The molecule has 0 aliphatic heterocycles. The van der Waals surface area contributed by atoms with Gasteiger partial charge in [-0.1, -0.05) is 6.07 Å². The van der Waals surface area contributed by atoms with Crippen molar-refractivity contribution in [3.05, 3.63) is 47.2 Å². The van der Waals surface area contributed by atoms with Crippen molar-refractivity contribution >= 4 is 5.69 Å². The maximum absolute atomic E-state index is 5.76. The summed E-state index contributed by atoms with van der Waals surface area (Å²) in [7, 11) is 0. The number of pyridine rings is 1. The van der Waals surface area contributed by atoms with E-state index in [0.29, 0.717) is 11.6 Å². The SMILES string of the molecule is Cc1cc(C)c(C)c(Oc2ccc(N)cn2)c1. The Bertz CT molecular complexity index is 533. The molecule has 17 heavy (non-hydrogen) atoms. The molecule has 0 spiro atoms. The Morgan fingerprint density at radius 2 is 1.88 bits per heavy atom. The zero-order valence-corrected chi connectivity index (χ0v) is 10.3. The molecule has 88 valence electrons. The average molecular weight is 228 g/mol. The number of aryl methyl sites for hydroxylation is 2. The Kier molecular flexibility index (Phi) is 3.00. The van der Waals surface area contributed by atoms with E-state index in [2.05, 4.69) is 24.9 Å². The molecule has 2 N–H and O–H groups in total. The van der Waals surface area contributed by atoms with Crippen LogP contribution in [0.3, 0.4) is 0 Å². The van der Waals surface area contributed by atoms with E-state index in [0.717, 1.165) is 11.3 Å². The topological polar surface area (TPSA) is 48.1 Å². The first kappa shape index (κ1) is 11.5. The van der Waals surface area contributed by atoms with Gasteiger partial charge in [0.25, 0.3) is 0 Å². The number of rotatable bonds is 2. The minimum absolute atomic E-state index is 0.562. The van der Waals surface area contributed by atoms with Crippen LogP contribution in [0.5, 0.6) is 11.6 Å². The molecule has 0 fully saturated rings. The minimum atomic E-state index is 0.562. The summed E-state index contributed by atoms with van der Waals surface area (Å²) in [5.41, 5.74) is 9.74. The van der Waals surface area contributed by atoms with Crippen LogP contribution in [0.1, 0.15) is 16.7 Å². The van der Waals surface area contributed by atoms with Gasteiger partial charge in [-0.15, -0.1) is 0 Å². The fraction of sp³-hybridized carbons (Fsp3) is 0.214. The van der Waals surface area contributed by atoms with Crippen molar-refractivity contribution in [2.75, 3.05) is 5.73 Å². The van der Waals surface area contributed by atoms with Gasteiger partial charge in [0.1, 0.15) is 5.75 Å². The van der Waals surface area contributed by atoms with Gasteiger partial charge in [0.05, 0.1) is 11.9 Å². The zero-order valence-electron chi connectivity index (χ0n) is 10.3. The lowest BCUT2D eigenvalue weighted by atomic mass is 10.1. The van der Waals surface area contributed by atoms with Crippen LogP contribution in [0.15, 0.2) is 30.5 Å². The number of benzene rings is 1. The van der Waals surface area contributed by atoms with Gasteiger partial charge in [0, 0.05) is 6.07 Å². The number of ether oxygens (including phenoxy) is 1. The molecule has 1 aromatic carbocycles. The molecule has 3 heteroatoms. The van der Waals surface area contributed by atoms with Gasteiger partial charge in [0.15, 0.2) is 0 Å². The zero-order chi connectivity index (χ0) is 12.4. The molecule has 0 radical (unpaired) electrons. The standard InChI is InChI=1S/C14H16N2O/c1-9-6-10(2)11(3)13(7-9)17-14-5-4-12(15)8-16-14/h4-8H,15H2,1-3H3. The molecular weight excluding hydrogens is 212 g/mol. The summed E-state index contributed by atoms with van der Waals surface area (Å²) in [6, 6.07) is 7.70. The van der Waals surface area contributed by atoms with Crippen LogP contribution < -0.4 is 10.5 Å². The van der Waals surface area contributed by atoms with Crippen LogP contribution in [-0.2, 0) is 0 Å². The maximum atomic E-state index is 5.76. The van der Waals surface area contributed by atoms with Crippen molar-refractivity contribution in [1.82, 2.24) is 4.98 Å². The van der Waals surface area contributed by atoms with E-state index in [-0.39, 0.29) is 0 Å². The third-order valence-electron chi connectivity index (χ3n) is 2.74. The van der Waals surface area contributed by atoms with E-state index in [4.69, 9.17) is 10.5 Å². The van der Waals surface area contributed by atoms with Gasteiger partial charge in [0.2, 0.25) is 5.88 Å². The fourth-order valence-electron chi connectivity index (χ4n) is 1.67. The Balaban J connectivity index is 2.32. The van der Waals surface area contributed by atoms with Crippen molar-refractivity contribution in [3.63, 3.8) is 0 Å². The first-order valence-electron chi connectivity index (χ1n) is 5.53. The predicted molar refractivity (Wildman–Crippen MR) is 69.4 cm³/mol. The largest absolute Gasteiger partial charge is 0.439 e. The van der Waals surface area contributed by atoms with Gasteiger partial charge in [-0.2, -0.15) is 0 Å². The van der Waals surface area contributed by atoms with Gasteiger partial charge in [-0.05, 0) is 49.6 Å².